The lowest BCUT2D eigenvalue weighted by atomic mass is 9.92. The van der Waals surface area contributed by atoms with Gasteiger partial charge in [-0.05, 0) is 26.7 Å². The molecule has 1 aliphatic carbocycles. The fourth-order valence-electron chi connectivity index (χ4n) is 3.29. The van der Waals surface area contributed by atoms with E-state index in [1.165, 1.54) is 19.3 Å². The first kappa shape index (κ1) is 14.4. The number of hydrogen-bond acceptors (Lipinski definition) is 2. The Morgan fingerprint density at radius 2 is 1.44 bits per heavy atom. The normalized spacial score (nSPS) is 30.8. The molecule has 1 saturated carbocycles. The average molecular weight is 261 g/mol. The van der Waals surface area contributed by atoms with Crippen molar-refractivity contribution in [2.45, 2.75) is 63.1 Å². The second-order valence-electron chi connectivity index (χ2n) is 4.73. The van der Waals surface area contributed by atoms with E-state index >= 15 is 0 Å². The summed E-state index contributed by atoms with van der Waals surface area (Å²) in [5, 5.41) is 0. The van der Waals surface area contributed by atoms with Crippen LogP contribution >= 0.6 is 0 Å². The van der Waals surface area contributed by atoms with Gasteiger partial charge in [-0.1, -0.05) is 19.5 Å². The molecular weight excluding hydrogens is 232 g/mol. The number of rotatable bonds is 6. The molecule has 1 aliphatic rings. The number of hydrogen-bond donors (Lipinski definition) is 0. The minimum absolute atomic E-state index is 0.0454. The SMILES string of the molecule is CCOC1(OCC)C([SiH2]C)CCCC1[SiH2]C. The zero-order chi connectivity index (χ0) is 12.0. The summed E-state index contributed by atoms with van der Waals surface area (Å²) in [5.41, 5.74) is 1.50. The summed E-state index contributed by atoms with van der Waals surface area (Å²) in [4.78, 5) is 0. The second kappa shape index (κ2) is 6.94. The monoisotopic (exact) mass is 260 g/mol. The molecule has 1 rings (SSSR count). The van der Waals surface area contributed by atoms with Crippen molar-refractivity contribution in [1.29, 1.82) is 0 Å². The van der Waals surface area contributed by atoms with Gasteiger partial charge in [0.25, 0.3) is 0 Å². The van der Waals surface area contributed by atoms with Crippen molar-refractivity contribution in [1.82, 2.24) is 0 Å². The Labute approximate surface area is 105 Å². The van der Waals surface area contributed by atoms with E-state index in [-0.39, 0.29) is 24.8 Å². The van der Waals surface area contributed by atoms with Gasteiger partial charge >= 0.3 is 0 Å². The molecule has 1 fully saturated rings. The Bertz CT molecular complexity index is 179. The van der Waals surface area contributed by atoms with Crippen LogP contribution in [0.3, 0.4) is 0 Å². The standard InChI is InChI=1S/C12H28O2Si2/c1-5-13-12(14-6-2)10(15-3)8-7-9-11(12)16-4/h10-11H,5-9,15-16H2,1-4H3. The van der Waals surface area contributed by atoms with E-state index in [4.69, 9.17) is 9.47 Å². The maximum atomic E-state index is 6.17. The predicted octanol–water partition coefficient (Wildman–Crippen LogP) is 1.95. The highest BCUT2D eigenvalue weighted by molar-refractivity contribution is 6.39. The van der Waals surface area contributed by atoms with E-state index in [1.807, 2.05) is 0 Å². The van der Waals surface area contributed by atoms with Gasteiger partial charge in [-0.15, -0.1) is 0 Å². The second-order valence-corrected chi connectivity index (χ2v) is 8.33. The summed E-state index contributed by atoms with van der Waals surface area (Å²) in [6.45, 7) is 10.6. The van der Waals surface area contributed by atoms with Gasteiger partial charge in [-0.25, -0.2) is 0 Å². The van der Waals surface area contributed by atoms with E-state index in [2.05, 4.69) is 26.9 Å². The van der Waals surface area contributed by atoms with Crippen molar-refractivity contribution < 1.29 is 9.47 Å². The van der Waals surface area contributed by atoms with Crippen LogP contribution in [0.5, 0.6) is 0 Å². The molecule has 0 saturated heterocycles. The lowest BCUT2D eigenvalue weighted by Gasteiger charge is -2.48. The van der Waals surface area contributed by atoms with Gasteiger partial charge in [-0.3, -0.25) is 0 Å². The van der Waals surface area contributed by atoms with Crippen LogP contribution in [0.2, 0.25) is 24.2 Å². The largest absolute Gasteiger partial charge is 0.350 e. The Balaban J connectivity index is 2.90. The molecule has 0 aromatic rings. The van der Waals surface area contributed by atoms with Crippen LogP contribution in [0, 0.1) is 0 Å². The Kier molecular flexibility index (Phi) is 6.25. The van der Waals surface area contributed by atoms with Crippen LogP contribution in [0.25, 0.3) is 0 Å². The van der Waals surface area contributed by atoms with Crippen LogP contribution < -0.4 is 0 Å². The Hall–Kier alpha value is 0.354. The van der Waals surface area contributed by atoms with Gasteiger partial charge in [0.05, 0.1) is 0 Å². The molecule has 0 aliphatic heterocycles. The molecule has 0 bridgehead atoms. The number of ether oxygens (including phenoxy) is 2. The highest BCUT2D eigenvalue weighted by Gasteiger charge is 2.47. The average Bonchev–Trinajstić information content (AvgIpc) is 2.30. The topological polar surface area (TPSA) is 18.5 Å². The predicted molar refractivity (Wildman–Crippen MR) is 76.2 cm³/mol. The minimum atomic E-state index is -0.163. The molecule has 0 heterocycles. The quantitative estimate of drug-likeness (QED) is 0.537. The van der Waals surface area contributed by atoms with Gasteiger partial charge in [0.1, 0.15) is 0 Å². The van der Waals surface area contributed by atoms with E-state index in [0.29, 0.717) is 0 Å². The van der Waals surface area contributed by atoms with Crippen molar-refractivity contribution in [3.8, 4) is 0 Å². The molecule has 0 N–H and O–H groups in total. The first-order chi connectivity index (χ1) is 7.75. The molecule has 0 aromatic heterocycles. The van der Waals surface area contributed by atoms with Crippen molar-refractivity contribution in [3.05, 3.63) is 0 Å². The molecule has 96 valence electrons. The molecule has 16 heavy (non-hydrogen) atoms. The summed E-state index contributed by atoms with van der Waals surface area (Å²) >= 11 is 0. The molecule has 0 amide bonds. The fourth-order valence-corrected chi connectivity index (χ4v) is 7.29. The molecule has 2 atom stereocenters. The summed E-state index contributed by atoms with van der Waals surface area (Å²) in [6, 6.07) is 0. The lowest BCUT2D eigenvalue weighted by Crippen LogP contribution is -2.50. The maximum absolute atomic E-state index is 6.17. The van der Waals surface area contributed by atoms with E-state index < -0.39 is 0 Å². The molecule has 2 unspecified atom stereocenters. The van der Waals surface area contributed by atoms with Gasteiger partial charge in [0.15, 0.2) is 5.79 Å². The molecule has 2 nitrogen and oxygen atoms in total. The van der Waals surface area contributed by atoms with Gasteiger partial charge in [0.2, 0.25) is 0 Å². The Morgan fingerprint density at radius 1 is 1.00 bits per heavy atom. The third-order valence-corrected chi connectivity index (χ3v) is 7.89. The smallest absolute Gasteiger partial charge is 0.168 e. The van der Waals surface area contributed by atoms with Crippen LogP contribution in [-0.4, -0.2) is 38.0 Å². The molecular formula is C12H28O2Si2. The lowest BCUT2D eigenvalue weighted by molar-refractivity contribution is -0.246. The van der Waals surface area contributed by atoms with Crippen LogP contribution in [0.15, 0.2) is 0 Å². The molecule has 0 aromatic carbocycles. The van der Waals surface area contributed by atoms with Crippen LogP contribution in [-0.2, 0) is 9.47 Å². The highest BCUT2D eigenvalue weighted by Crippen LogP contribution is 2.48. The van der Waals surface area contributed by atoms with Crippen molar-refractivity contribution >= 4 is 19.0 Å². The summed E-state index contributed by atoms with van der Waals surface area (Å²) in [5.74, 6) is -0.163. The van der Waals surface area contributed by atoms with Gasteiger partial charge in [0, 0.05) is 43.3 Å². The van der Waals surface area contributed by atoms with Crippen molar-refractivity contribution in [3.63, 3.8) is 0 Å². The van der Waals surface area contributed by atoms with E-state index in [9.17, 15) is 0 Å². The summed E-state index contributed by atoms with van der Waals surface area (Å²) in [6.07, 6.45) is 4.08. The first-order valence-corrected chi connectivity index (χ1v) is 11.5. The third-order valence-electron chi connectivity index (χ3n) is 3.97. The summed E-state index contributed by atoms with van der Waals surface area (Å²) in [7, 11) is -0.0909. The van der Waals surface area contributed by atoms with E-state index in [0.717, 1.165) is 24.3 Å². The highest BCUT2D eigenvalue weighted by atomic mass is 28.2. The molecule has 0 radical (unpaired) electrons. The third kappa shape index (κ3) is 2.78. The van der Waals surface area contributed by atoms with Crippen molar-refractivity contribution in [2.24, 2.45) is 0 Å². The minimum Gasteiger partial charge on any atom is -0.350 e. The van der Waals surface area contributed by atoms with Crippen LogP contribution in [0.1, 0.15) is 33.1 Å². The maximum Gasteiger partial charge on any atom is 0.168 e. The molecule has 4 heteroatoms. The van der Waals surface area contributed by atoms with Crippen LogP contribution in [0.4, 0.5) is 0 Å². The van der Waals surface area contributed by atoms with Crippen molar-refractivity contribution in [2.75, 3.05) is 13.2 Å². The zero-order valence-corrected chi connectivity index (χ0v) is 14.2. The van der Waals surface area contributed by atoms with Gasteiger partial charge in [-0.2, -0.15) is 0 Å². The molecule has 0 spiro atoms. The van der Waals surface area contributed by atoms with E-state index in [1.54, 1.807) is 0 Å². The fraction of sp³-hybridized carbons (Fsp3) is 1.00. The Morgan fingerprint density at radius 3 is 1.75 bits per heavy atom. The van der Waals surface area contributed by atoms with Gasteiger partial charge < -0.3 is 9.47 Å². The summed E-state index contributed by atoms with van der Waals surface area (Å²) < 4.78 is 12.3. The zero-order valence-electron chi connectivity index (χ0n) is 11.4. The first-order valence-electron chi connectivity index (χ1n) is 7.02.